The van der Waals surface area contributed by atoms with E-state index in [0.29, 0.717) is 11.2 Å². The van der Waals surface area contributed by atoms with Crippen molar-refractivity contribution in [3.63, 3.8) is 0 Å². The van der Waals surface area contributed by atoms with E-state index in [1.54, 1.807) is 12.5 Å². The monoisotopic (exact) mass is 372 g/mol. The maximum Gasteiger partial charge on any atom is 0.254 e. The van der Waals surface area contributed by atoms with Gasteiger partial charge >= 0.3 is 0 Å². The molecule has 0 saturated carbocycles. The summed E-state index contributed by atoms with van der Waals surface area (Å²) in [7, 11) is 0. The molecule has 4 rings (SSSR count). The molecule has 1 aliphatic heterocycles. The Morgan fingerprint density at radius 3 is 2.93 bits per heavy atom. The van der Waals surface area contributed by atoms with Gasteiger partial charge in [0.15, 0.2) is 11.5 Å². The lowest BCUT2D eigenvalue weighted by Gasteiger charge is -2.40. The predicted octanol–water partition coefficient (Wildman–Crippen LogP) is 1.31. The number of halogens is 1. The number of H-pyrrole nitrogens is 1. The van der Waals surface area contributed by atoms with E-state index < -0.39 is 6.67 Å². The van der Waals surface area contributed by atoms with Gasteiger partial charge in [0.25, 0.3) is 5.91 Å². The van der Waals surface area contributed by atoms with E-state index in [4.69, 9.17) is 0 Å². The number of anilines is 1. The summed E-state index contributed by atoms with van der Waals surface area (Å²) < 4.78 is 13.8. The highest BCUT2D eigenvalue weighted by Gasteiger charge is 2.33. The van der Waals surface area contributed by atoms with E-state index in [9.17, 15) is 9.18 Å². The van der Waals surface area contributed by atoms with Crippen LogP contribution >= 0.6 is 0 Å². The SMILES string of the molecule is CC1(NC(=O)c2cnn(CCF)c2)CCN(c2ncnc3nc[nH]c23)CC1. The number of aryl methyl sites for hydroxylation is 1. The van der Waals surface area contributed by atoms with Crippen molar-refractivity contribution in [1.29, 1.82) is 0 Å². The van der Waals surface area contributed by atoms with Crippen LogP contribution in [0.4, 0.5) is 10.2 Å². The van der Waals surface area contributed by atoms with Crippen molar-refractivity contribution in [1.82, 2.24) is 35.0 Å². The van der Waals surface area contributed by atoms with Crippen LogP contribution in [0.5, 0.6) is 0 Å². The number of hydrogen-bond acceptors (Lipinski definition) is 6. The minimum Gasteiger partial charge on any atom is -0.355 e. The predicted molar refractivity (Wildman–Crippen MR) is 97.2 cm³/mol. The molecule has 0 spiro atoms. The Balaban J connectivity index is 1.41. The molecule has 1 fully saturated rings. The van der Waals surface area contributed by atoms with Crippen molar-refractivity contribution in [3.8, 4) is 0 Å². The second-order valence-corrected chi connectivity index (χ2v) is 6.98. The third kappa shape index (κ3) is 3.46. The summed E-state index contributed by atoms with van der Waals surface area (Å²) in [6.45, 7) is 3.19. The zero-order chi connectivity index (χ0) is 18.9. The van der Waals surface area contributed by atoms with Crippen LogP contribution in [0, 0.1) is 0 Å². The van der Waals surface area contributed by atoms with Crippen molar-refractivity contribution >= 4 is 22.9 Å². The summed E-state index contributed by atoms with van der Waals surface area (Å²) in [5.74, 6) is 0.646. The lowest BCUT2D eigenvalue weighted by molar-refractivity contribution is 0.0891. The zero-order valence-corrected chi connectivity index (χ0v) is 15.0. The van der Waals surface area contributed by atoms with Crippen LogP contribution < -0.4 is 10.2 Å². The molecule has 142 valence electrons. The number of amides is 1. The lowest BCUT2D eigenvalue weighted by Crippen LogP contribution is -2.53. The van der Waals surface area contributed by atoms with E-state index in [-0.39, 0.29) is 18.0 Å². The summed E-state index contributed by atoms with van der Waals surface area (Å²) >= 11 is 0. The second-order valence-electron chi connectivity index (χ2n) is 6.98. The van der Waals surface area contributed by atoms with E-state index in [2.05, 4.69) is 35.3 Å². The summed E-state index contributed by atoms with van der Waals surface area (Å²) in [4.78, 5) is 30.5. The molecule has 0 atom stereocenters. The van der Waals surface area contributed by atoms with Gasteiger partial charge in [-0.2, -0.15) is 5.10 Å². The largest absolute Gasteiger partial charge is 0.355 e. The first-order chi connectivity index (χ1) is 13.1. The number of imidazole rings is 1. The number of alkyl halides is 1. The van der Waals surface area contributed by atoms with Gasteiger partial charge in [0.2, 0.25) is 0 Å². The van der Waals surface area contributed by atoms with Gasteiger partial charge in [-0.05, 0) is 19.8 Å². The Morgan fingerprint density at radius 1 is 1.33 bits per heavy atom. The van der Waals surface area contributed by atoms with Gasteiger partial charge in [-0.25, -0.2) is 19.3 Å². The van der Waals surface area contributed by atoms with Crippen molar-refractivity contribution in [2.75, 3.05) is 24.7 Å². The fourth-order valence-corrected chi connectivity index (χ4v) is 3.37. The van der Waals surface area contributed by atoms with E-state index in [1.807, 2.05) is 6.92 Å². The molecule has 0 aromatic carbocycles. The maximum atomic E-state index is 12.5. The van der Waals surface area contributed by atoms with Crippen LogP contribution in [0.15, 0.2) is 25.0 Å². The summed E-state index contributed by atoms with van der Waals surface area (Å²) in [6.07, 6.45) is 7.72. The Labute approximate surface area is 155 Å². The minimum absolute atomic E-state index is 0.153. The molecule has 1 amide bonds. The molecule has 0 aliphatic carbocycles. The van der Waals surface area contributed by atoms with Crippen LogP contribution in [-0.2, 0) is 6.54 Å². The highest BCUT2D eigenvalue weighted by atomic mass is 19.1. The third-order valence-corrected chi connectivity index (χ3v) is 4.99. The number of hydrogen-bond donors (Lipinski definition) is 2. The van der Waals surface area contributed by atoms with Crippen molar-refractivity contribution in [2.24, 2.45) is 0 Å². The summed E-state index contributed by atoms with van der Waals surface area (Å²) in [6, 6.07) is 0. The normalized spacial score (nSPS) is 16.6. The number of rotatable bonds is 5. The number of nitrogens with one attached hydrogen (secondary N) is 2. The number of nitrogens with zero attached hydrogens (tertiary/aromatic N) is 6. The fourth-order valence-electron chi connectivity index (χ4n) is 3.37. The quantitative estimate of drug-likeness (QED) is 0.700. The summed E-state index contributed by atoms with van der Waals surface area (Å²) in [5.41, 5.74) is 1.59. The highest BCUT2D eigenvalue weighted by molar-refractivity contribution is 5.94. The molecule has 0 bridgehead atoms. The molecule has 1 saturated heterocycles. The van der Waals surface area contributed by atoms with Gasteiger partial charge in [-0.15, -0.1) is 0 Å². The third-order valence-electron chi connectivity index (χ3n) is 4.99. The average Bonchev–Trinajstić information content (AvgIpc) is 3.31. The Hall–Kier alpha value is -3.04. The Morgan fingerprint density at radius 2 is 2.15 bits per heavy atom. The molecule has 3 aromatic rings. The molecule has 9 nitrogen and oxygen atoms in total. The lowest BCUT2D eigenvalue weighted by atomic mass is 9.89. The topological polar surface area (TPSA) is 105 Å². The van der Waals surface area contributed by atoms with Crippen molar-refractivity contribution in [3.05, 3.63) is 30.6 Å². The van der Waals surface area contributed by atoms with Gasteiger partial charge in [-0.1, -0.05) is 0 Å². The summed E-state index contributed by atoms with van der Waals surface area (Å²) in [5, 5.41) is 7.11. The molecule has 4 heterocycles. The highest BCUT2D eigenvalue weighted by Crippen LogP contribution is 2.28. The van der Waals surface area contributed by atoms with Gasteiger partial charge in [0, 0.05) is 24.8 Å². The fraction of sp³-hybridized carbons (Fsp3) is 0.471. The average molecular weight is 372 g/mol. The van der Waals surface area contributed by atoms with Gasteiger partial charge < -0.3 is 15.2 Å². The number of carbonyl (C=O) groups excluding carboxylic acids is 1. The van der Waals surface area contributed by atoms with E-state index in [0.717, 1.165) is 37.3 Å². The first-order valence-electron chi connectivity index (χ1n) is 8.88. The molecule has 0 unspecified atom stereocenters. The molecule has 0 radical (unpaired) electrons. The molecular weight excluding hydrogens is 351 g/mol. The second kappa shape index (κ2) is 6.93. The van der Waals surface area contributed by atoms with Gasteiger partial charge in [0.05, 0.1) is 24.6 Å². The number of carbonyl (C=O) groups is 1. The molecule has 2 N–H and O–H groups in total. The first kappa shape index (κ1) is 17.4. The number of aromatic amines is 1. The van der Waals surface area contributed by atoms with Crippen LogP contribution in [0.25, 0.3) is 11.2 Å². The molecule has 1 aliphatic rings. The van der Waals surface area contributed by atoms with E-state index >= 15 is 0 Å². The maximum absolute atomic E-state index is 12.5. The molecule has 27 heavy (non-hydrogen) atoms. The van der Waals surface area contributed by atoms with Gasteiger partial charge in [0.1, 0.15) is 18.5 Å². The Bertz CT molecular complexity index is 943. The van der Waals surface area contributed by atoms with E-state index in [1.165, 1.54) is 17.2 Å². The number of piperidine rings is 1. The number of aromatic nitrogens is 6. The Kier molecular flexibility index (Phi) is 4.46. The van der Waals surface area contributed by atoms with Crippen LogP contribution in [0.1, 0.15) is 30.1 Å². The molecular formula is C17H21FN8O. The van der Waals surface area contributed by atoms with Crippen LogP contribution in [0.2, 0.25) is 0 Å². The smallest absolute Gasteiger partial charge is 0.254 e. The van der Waals surface area contributed by atoms with Crippen molar-refractivity contribution in [2.45, 2.75) is 31.8 Å². The molecule has 3 aromatic heterocycles. The minimum atomic E-state index is -0.511. The van der Waals surface area contributed by atoms with Crippen LogP contribution in [-0.4, -0.2) is 60.9 Å². The first-order valence-corrected chi connectivity index (χ1v) is 8.88. The van der Waals surface area contributed by atoms with Crippen LogP contribution in [0.3, 0.4) is 0 Å². The molecule has 10 heteroatoms. The van der Waals surface area contributed by atoms with Gasteiger partial charge in [-0.3, -0.25) is 9.48 Å². The van der Waals surface area contributed by atoms with Crippen molar-refractivity contribution < 1.29 is 9.18 Å². The number of fused-ring (bicyclic) bond motifs is 1. The zero-order valence-electron chi connectivity index (χ0n) is 15.0. The standard InChI is InChI=1S/C17H21FN8O/c1-17(24-16(27)12-8-23-26(9-12)7-4-18)2-5-25(6-3-17)15-13-14(20-10-19-13)21-11-22-15/h8-11H,2-7H2,1H3,(H,24,27)(H,19,20,21,22).